The molecule has 18 heavy (non-hydrogen) atoms. The second-order valence-corrected chi connectivity index (χ2v) is 5.74. The van der Waals surface area contributed by atoms with Gasteiger partial charge >= 0.3 is 5.69 Å². The van der Waals surface area contributed by atoms with E-state index in [1.807, 2.05) is 24.4 Å². The lowest BCUT2D eigenvalue weighted by atomic mass is 10.4. The van der Waals surface area contributed by atoms with E-state index >= 15 is 0 Å². The zero-order valence-corrected chi connectivity index (χ0v) is 11.1. The molecule has 0 aliphatic rings. The quantitative estimate of drug-likeness (QED) is 0.401. The molecule has 6 nitrogen and oxygen atoms in total. The van der Waals surface area contributed by atoms with Gasteiger partial charge in [-0.3, -0.25) is 10.1 Å². The lowest BCUT2D eigenvalue weighted by Crippen LogP contribution is -2.01. The van der Waals surface area contributed by atoms with Gasteiger partial charge in [-0.1, -0.05) is 17.8 Å². The van der Waals surface area contributed by atoms with Crippen LogP contribution in [0.3, 0.4) is 0 Å². The highest BCUT2D eigenvalue weighted by atomic mass is 32.2. The maximum absolute atomic E-state index is 10.6. The van der Waals surface area contributed by atoms with Crippen molar-refractivity contribution in [2.45, 2.75) is 17.3 Å². The van der Waals surface area contributed by atoms with Crippen LogP contribution in [0.5, 0.6) is 0 Å². The van der Waals surface area contributed by atoms with Gasteiger partial charge < -0.3 is 5.73 Å². The van der Waals surface area contributed by atoms with Crippen LogP contribution in [0.1, 0.15) is 17.1 Å². The van der Waals surface area contributed by atoms with Gasteiger partial charge in [-0.25, -0.2) is 4.98 Å². The smallest absolute Gasteiger partial charge is 0.329 e. The van der Waals surface area contributed by atoms with Crippen molar-refractivity contribution in [1.29, 1.82) is 0 Å². The normalized spacial score (nSPS) is 12.3. The maximum Gasteiger partial charge on any atom is 0.329 e. The zero-order valence-electron chi connectivity index (χ0n) is 9.44. The minimum Gasteiger partial charge on any atom is -0.378 e. The highest BCUT2D eigenvalue weighted by Gasteiger charge is 2.16. The van der Waals surface area contributed by atoms with Gasteiger partial charge in [-0.05, 0) is 18.4 Å². The van der Waals surface area contributed by atoms with Gasteiger partial charge in [-0.2, -0.15) is 4.98 Å². The van der Waals surface area contributed by atoms with E-state index in [9.17, 15) is 10.1 Å². The summed E-state index contributed by atoms with van der Waals surface area (Å²) in [6, 6.07) is 4.00. The third-order valence-corrected chi connectivity index (χ3v) is 4.42. The molecule has 0 aliphatic carbocycles. The van der Waals surface area contributed by atoms with E-state index in [0.29, 0.717) is 5.16 Å². The predicted octanol–water partition coefficient (Wildman–Crippen LogP) is 2.88. The standard InChI is InChI=1S/C10H10N4O2S2/c1-6(8-3-2-4-17-8)18-10-12-5-7(14(15)16)9(11)13-10/h2-6H,1H3,(H2,11,12,13)/t6-/m0/s1. The molecule has 0 unspecified atom stereocenters. The number of rotatable bonds is 4. The Balaban J connectivity index is 2.15. The molecule has 0 aromatic carbocycles. The average molecular weight is 282 g/mol. The Morgan fingerprint density at radius 2 is 2.39 bits per heavy atom. The third-order valence-electron chi connectivity index (χ3n) is 2.20. The molecule has 8 heteroatoms. The van der Waals surface area contributed by atoms with Crippen molar-refractivity contribution in [2.24, 2.45) is 0 Å². The zero-order chi connectivity index (χ0) is 13.1. The van der Waals surface area contributed by atoms with E-state index in [-0.39, 0.29) is 16.8 Å². The highest BCUT2D eigenvalue weighted by molar-refractivity contribution is 7.99. The molecular formula is C10H10N4O2S2. The second kappa shape index (κ2) is 5.32. The fourth-order valence-corrected chi connectivity index (χ4v) is 3.06. The first-order valence-electron chi connectivity index (χ1n) is 5.05. The van der Waals surface area contributed by atoms with Gasteiger partial charge in [0.25, 0.3) is 0 Å². The fourth-order valence-electron chi connectivity index (χ4n) is 1.31. The van der Waals surface area contributed by atoms with Gasteiger partial charge in [0, 0.05) is 10.1 Å². The van der Waals surface area contributed by atoms with E-state index in [4.69, 9.17) is 5.73 Å². The SMILES string of the molecule is C[C@H](Sc1ncc([N+](=O)[O-])c(N)n1)c1cccs1. The lowest BCUT2D eigenvalue weighted by molar-refractivity contribution is -0.384. The van der Waals surface area contributed by atoms with Crippen molar-refractivity contribution < 1.29 is 4.92 Å². The summed E-state index contributed by atoms with van der Waals surface area (Å²) in [5, 5.41) is 13.2. The van der Waals surface area contributed by atoms with E-state index in [0.717, 1.165) is 6.20 Å². The van der Waals surface area contributed by atoms with Crippen LogP contribution in [0.2, 0.25) is 0 Å². The predicted molar refractivity (Wildman–Crippen MR) is 71.7 cm³/mol. The highest BCUT2D eigenvalue weighted by Crippen LogP contribution is 2.35. The molecule has 0 saturated heterocycles. The summed E-state index contributed by atoms with van der Waals surface area (Å²) >= 11 is 3.07. The first kappa shape index (κ1) is 12.8. The van der Waals surface area contributed by atoms with Gasteiger partial charge in [0.2, 0.25) is 5.82 Å². The molecule has 2 rings (SSSR count). The summed E-state index contributed by atoms with van der Waals surface area (Å²) in [6.45, 7) is 2.03. The molecule has 0 spiro atoms. The summed E-state index contributed by atoms with van der Waals surface area (Å²) < 4.78 is 0. The van der Waals surface area contributed by atoms with Gasteiger partial charge in [-0.15, -0.1) is 11.3 Å². The lowest BCUT2D eigenvalue weighted by Gasteiger charge is -2.07. The first-order chi connectivity index (χ1) is 8.58. The Hall–Kier alpha value is -1.67. The summed E-state index contributed by atoms with van der Waals surface area (Å²) in [7, 11) is 0. The van der Waals surface area contributed by atoms with Gasteiger partial charge in [0.1, 0.15) is 6.20 Å². The Labute approximate surface area is 111 Å². The minimum absolute atomic E-state index is 0.101. The number of thiophene rings is 1. The van der Waals surface area contributed by atoms with Crippen LogP contribution in [-0.2, 0) is 0 Å². The van der Waals surface area contributed by atoms with E-state index in [1.165, 1.54) is 16.6 Å². The maximum atomic E-state index is 10.6. The van der Waals surface area contributed by atoms with E-state index in [1.54, 1.807) is 11.3 Å². The van der Waals surface area contributed by atoms with Gasteiger partial charge in [0.05, 0.1) is 4.92 Å². The molecule has 2 aromatic rings. The van der Waals surface area contributed by atoms with Crippen LogP contribution in [0, 0.1) is 10.1 Å². The number of hydrogen-bond acceptors (Lipinski definition) is 7. The molecule has 0 bridgehead atoms. The largest absolute Gasteiger partial charge is 0.378 e. The number of nitrogens with zero attached hydrogens (tertiary/aromatic N) is 3. The van der Waals surface area contributed by atoms with Gasteiger partial charge in [0.15, 0.2) is 5.16 Å². The summed E-state index contributed by atoms with van der Waals surface area (Å²) in [6.07, 6.45) is 1.14. The molecule has 2 heterocycles. The second-order valence-electron chi connectivity index (χ2n) is 3.46. The molecule has 0 fully saturated rings. The van der Waals surface area contributed by atoms with Crippen molar-refractivity contribution in [1.82, 2.24) is 9.97 Å². The summed E-state index contributed by atoms with van der Waals surface area (Å²) in [5.41, 5.74) is 5.25. The number of nitro groups is 1. The minimum atomic E-state index is -0.591. The fraction of sp³-hybridized carbons (Fsp3) is 0.200. The van der Waals surface area contributed by atoms with Crippen LogP contribution in [0.25, 0.3) is 0 Å². The molecule has 0 amide bonds. The van der Waals surface area contributed by atoms with Crippen molar-refractivity contribution in [3.05, 3.63) is 38.7 Å². The molecule has 0 saturated carbocycles. The van der Waals surface area contributed by atoms with Crippen LogP contribution in [0.15, 0.2) is 28.9 Å². The Kier molecular flexibility index (Phi) is 3.78. The van der Waals surface area contributed by atoms with E-state index in [2.05, 4.69) is 9.97 Å². The Bertz CT molecular complexity index is 559. The summed E-state index contributed by atoms with van der Waals surface area (Å²) in [4.78, 5) is 19.1. The molecule has 2 aromatic heterocycles. The molecule has 1 atom stereocenters. The topological polar surface area (TPSA) is 94.9 Å². The molecule has 0 aliphatic heterocycles. The monoisotopic (exact) mass is 282 g/mol. The number of aromatic nitrogens is 2. The number of nitrogens with two attached hydrogens (primary N) is 1. The molecule has 2 N–H and O–H groups in total. The molecule has 0 radical (unpaired) electrons. The first-order valence-corrected chi connectivity index (χ1v) is 6.81. The van der Waals surface area contributed by atoms with Crippen molar-refractivity contribution in [3.8, 4) is 0 Å². The number of hydrogen-bond donors (Lipinski definition) is 1. The number of nitrogen functional groups attached to an aromatic ring is 1. The van der Waals surface area contributed by atoms with Crippen molar-refractivity contribution >= 4 is 34.6 Å². The van der Waals surface area contributed by atoms with Crippen molar-refractivity contribution in [3.63, 3.8) is 0 Å². The molecular weight excluding hydrogens is 272 g/mol. The van der Waals surface area contributed by atoms with Crippen LogP contribution in [0.4, 0.5) is 11.5 Å². The van der Waals surface area contributed by atoms with Crippen LogP contribution >= 0.6 is 23.1 Å². The Morgan fingerprint density at radius 3 is 2.94 bits per heavy atom. The van der Waals surface area contributed by atoms with Crippen LogP contribution < -0.4 is 5.73 Å². The van der Waals surface area contributed by atoms with Crippen LogP contribution in [-0.4, -0.2) is 14.9 Å². The van der Waals surface area contributed by atoms with E-state index < -0.39 is 4.92 Å². The number of thioether (sulfide) groups is 1. The Morgan fingerprint density at radius 1 is 1.61 bits per heavy atom. The number of anilines is 1. The average Bonchev–Trinajstić information content (AvgIpc) is 2.81. The summed E-state index contributed by atoms with van der Waals surface area (Å²) in [5.74, 6) is -0.101. The third kappa shape index (κ3) is 2.77. The molecule has 94 valence electrons. The van der Waals surface area contributed by atoms with Crippen molar-refractivity contribution in [2.75, 3.05) is 5.73 Å².